The topological polar surface area (TPSA) is 43.4 Å². The van der Waals surface area contributed by atoms with Gasteiger partial charge in [-0.3, -0.25) is 0 Å². The van der Waals surface area contributed by atoms with Gasteiger partial charge < -0.3 is 4.74 Å². The Balaban J connectivity index is 2.30. The molecule has 0 saturated carbocycles. The molecule has 0 radical (unpaired) electrons. The van der Waals surface area contributed by atoms with Crippen molar-refractivity contribution in [1.29, 1.82) is 0 Å². The molecule has 2 aromatic carbocycles. The van der Waals surface area contributed by atoms with E-state index in [2.05, 4.69) is 31.9 Å². The fraction of sp³-hybridized carbons (Fsp3) is 0.0769. The van der Waals surface area contributed by atoms with E-state index >= 15 is 0 Å². The van der Waals surface area contributed by atoms with Crippen molar-refractivity contribution in [3.8, 4) is 5.75 Å². The molecule has 0 N–H and O–H groups in total. The Morgan fingerprint density at radius 2 is 1.71 bits per heavy atom. The highest BCUT2D eigenvalue weighted by Crippen LogP contribution is 2.31. The van der Waals surface area contributed by atoms with Crippen molar-refractivity contribution in [1.82, 2.24) is 0 Å². The third-order valence-electron chi connectivity index (χ3n) is 2.56. The second-order valence-corrected chi connectivity index (χ2v) is 8.42. The molecule has 0 saturated heterocycles. The summed E-state index contributed by atoms with van der Waals surface area (Å²) in [7, 11) is 1.40. The van der Waals surface area contributed by atoms with Gasteiger partial charge in [0, 0.05) is 25.2 Å². The van der Waals surface area contributed by atoms with Crippen molar-refractivity contribution in [2.45, 2.75) is 11.5 Å². The lowest BCUT2D eigenvalue weighted by molar-refractivity contribution is 0.292. The number of rotatable bonds is 4. The number of hydrogen-bond acceptors (Lipinski definition) is 3. The molecule has 0 atom stereocenters. The maximum atomic E-state index is 13.6. The molecule has 0 fully saturated rings. The standard InChI is InChI=1S/C13H8Br2ClFO3S/c14-9-1-3-11(17)8(5-9)7-20-12-4-2-10(15)6-13(12)21(16,18)19/h1-6H,7H2. The van der Waals surface area contributed by atoms with Gasteiger partial charge in [0.2, 0.25) is 0 Å². The van der Waals surface area contributed by atoms with E-state index in [1.807, 2.05) is 0 Å². The molecule has 2 aromatic rings. The molecular formula is C13H8Br2ClFO3S. The molecule has 112 valence electrons. The summed E-state index contributed by atoms with van der Waals surface area (Å²) in [5.74, 6) is -0.377. The zero-order valence-corrected chi connectivity index (χ0v) is 15.1. The van der Waals surface area contributed by atoms with Crippen LogP contribution in [0.15, 0.2) is 50.2 Å². The van der Waals surface area contributed by atoms with E-state index in [4.69, 9.17) is 15.4 Å². The SMILES string of the molecule is O=S(=O)(Cl)c1cc(Br)ccc1OCc1cc(Br)ccc1F. The van der Waals surface area contributed by atoms with Crippen LogP contribution >= 0.6 is 42.5 Å². The first-order chi connectivity index (χ1) is 9.77. The highest BCUT2D eigenvalue weighted by Gasteiger charge is 2.18. The summed E-state index contributed by atoms with van der Waals surface area (Å²) in [5, 5.41) is 0. The first-order valence-electron chi connectivity index (χ1n) is 5.58. The van der Waals surface area contributed by atoms with Gasteiger partial charge in [-0.25, -0.2) is 12.8 Å². The van der Waals surface area contributed by atoms with Gasteiger partial charge >= 0.3 is 0 Å². The highest BCUT2D eigenvalue weighted by molar-refractivity contribution is 9.10. The Morgan fingerprint density at radius 3 is 2.38 bits per heavy atom. The van der Waals surface area contributed by atoms with E-state index in [0.717, 1.165) is 0 Å². The predicted octanol–water partition coefficient (Wildman–Crippen LogP) is 4.86. The van der Waals surface area contributed by atoms with E-state index < -0.39 is 14.9 Å². The van der Waals surface area contributed by atoms with Gasteiger partial charge in [-0.2, -0.15) is 0 Å². The second kappa shape index (κ2) is 6.64. The summed E-state index contributed by atoms with van der Waals surface area (Å²) >= 11 is 6.39. The highest BCUT2D eigenvalue weighted by atomic mass is 79.9. The third kappa shape index (κ3) is 4.42. The van der Waals surface area contributed by atoms with Crippen molar-refractivity contribution in [2.24, 2.45) is 0 Å². The van der Waals surface area contributed by atoms with Crippen molar-refractivity contribution >= 4 is 51.6 Å². The Hall–Kier alpha value is -0.630. The van der Waals surface area contributed by atoms with Gasteiger partial charge in [0.15, 0.2) is 0 Å². The third-order valence-corrected chi connectivity index (χ3v) is 4.89. The van der Waals surface area contributed by atoms with Gasteiger partial charge in [0.25, 0.3) is 9.05 Å². The van der Waals surface area contributed by atoms with E-state index in [9.17, 15) is 12.8 Å². The van der Waals surface area contributed by atoms with Crippen LogP contribution in [0.3, 0.4) is 0 Å². The van der Waals surface area contributed by atoms with Crippen LogP contribution in [0.2, 0.25) is 0 Å². The maximum Gasteiger partial charge on any atom is 0.265 e. The summed E-state index contributed by atoms with van der Waals surface area (Å²) in [6.07, 6.45) is 0. The molecule has 2 rings (SSSR count). The van der Waals surface area contributed by atoms with E-state index in [-0.39, 0.29) is 17.3 Å². The largest absolute Gasteiger partial charge is 0.487 e. The smallest absolute Gasteiger partial charge is 0.265 e. The summed E-state index contributed by atoms with van der Waals surface area (Å²) in [6.45, 7) is -0.119. The first-order valence-corrected chi connectivity index (χ1v) is 9.48. The van der Waals surface area contributed by atoms with Crippen molar-refractivity contribution in [2.75, 3.05) is 0 Å². The number of benzene rings is 2. The van der Waals surface area contributed by atoms with Gasteiger partial charge in [-0.15, -0.1) is 0 Å². The molecule has 3 nitrogen and oxygen atoms in total. The average Bonchev–Trinajstić information content (AvgIpc) is 2.40. The molecule has 0 bridgehead atoms. The molecule has 21 heavy (non-hydrogen) atoms. The zero-order chi connectivity index (χ0) is 15.6. The lowest BCUT2D eigenvalue weighted by Crippen LogP contribution is -2.02. The molecule has 0 aliphatic carbocycles. The summed E-state index contributed by atoms with van der Waals surface area (Å²) in [6, 6.07) is 8.81. The number of hydrogen-bond donors (Lipinski definition) is 0. The summed E-state index contributed by atoms with van der Waals surface area (Å²) in [5.41, 5.74) is 0.296. The van der Waals surface area contributed by atoms with Crippen LogP contribution in [0.1, 0.15) is 5.56 Å². The van der Waals surface area contributed by atoms with Crippen LogP contribution in [-0.4, -0.2) is 8.42 Å². The Labute approximate surface area is 142 Å². The maximum absolute atomic E-state index is 13.6. The minimum Gasteiger partial charge on any atom is -0.487 e. The monoisotopic (exact) mass is 456 g/mol. The predicted molar refractivity (Wildman–Crippen MR) is 85.6 cm³/mol. The van der Waals surface area contributed by atoms with Gasteiger partial charge in [0.05, 0.1) is 0 Å². The van der Waals surface area contributed by atoms with Gasteiger partial charge in [-0.05, 0) is 36.4 Å². The molecule has 0 spiro atoms. The molecule has 0 aliphatic heterocycles. The second-order valence-electron chi connectivity index (χ2n) is 4.05. The normalized spacial score (nSPS) is 11.4. The summed E-state index contributed by atoms with van der Waals surface area (Å²) in [4.78, 5) is -0.172. The van der Waals surface area contributed by atoms with Crippen molar-refractivity contribution < 1.29 is 17.5 Å². The Bertz CT molecular complexity index is 781. The van der Waals surface area contributed by atoms with E-state index in [0.29, 0.717) is 14.5 Å². The molecule has 0 aliphatic rings. The average molecular weight is 459 g/mol. The number of ether oxygens (including phenoxy) is 1. The van der Waals surface area contributed by atoms with Crippen LogP contribution in [0.5, 0.6) is 5.75 Å². The fourth-order valence-corrected chi connectivity index (χ4v) is 3.52. The van der Waals surface area contributed by atoms with Crippen LogP contribution in [0.4, 0.5) is 4.39 Å². The van der Waals surface area contributed by atoms with E-state index in [1.165, 1.54) is 18.2 Å². The van der Waals surface area contributed by atoms with Crippen LogP contribution < -0.4 is 4.74 Å². The Morgan fingerprint density at radius 1 is 1.10 bits per heavy atom. The molecule has 0 heterocycles. The van der Waals surface area contributed by atoms with Gasteiger partial charge in [-0.1, -0.05) is 31.9 Å². The number of halogens is 4. The van der Waals surface area contributed by atoms with Crippen LogP contribution in [-0.2, 0) is 15.7 Å². The minimum atomic E-state index is -3.96. The minimum absolute atomic E-state index is 0.0626. The summed E-state index contributed by atoms with van der Waals surface area (Å²) < 4.78 is 43.3. The van der Waals surface area contributed by atoms with E-state index in [1.54, 1.807) is 18.2 Å². The van der Waals surface area contributed by atoms with Gasteiger partial charge in [0.1, 0.15) is 23.1 Å². The first kappa shape index (κ1) is 16.7. The molecular weight excluding hydrogens is 450 g/mol. The molecule has 0 amide bonds. The quantitative estimate of drug-likeness (QED) is 0.615. The fourth-order valence-electron chi connectivity index (χ4n) is 1.60. The molecule has 0 unspecified atom stereocenters. The van der Waals surface area contributed by atoms with Crippen molar-refractivity contribution in [3.05, 3.63) is 56.7 Å². The molecule has 0 aromatic heterocycles. The Kier molecular flexibility index (Phi) is 5.29. The van der Waals surface area contributed by atoms with Crippen LogP contribution in [0.25, 0.3) is 0 Å². The van der Waals surface area contributed by atoms with Crippen LogP contribution in [0, 0.1) is 5.82 Å². The van der Waals surface area contributed by atoms with Crippen molar-refractivity contribution in [3.63, 3.8) is 0 Å². The lowest BCUT2D eigenvalue weighted by atomic mass is 10.2. The molecule has 8 heteroatoms. The zero-order valence-electron chi connectivity index (χ0n) is 10.3. The lowest BCUT2D eigenvalue weighted by Gasteiger charge is -2.11.